The Morgan fingerprint density at radius 1 is 1.00 bits per heavy atom. The molecule has 0 unspecified atom stereocenters. The van der Waals surface area contributed by atoms with Crippen LogP contribution in [0.2, 0.25) is 0 Å². The van der Waals surface area contributed by atoms with Crippen molar-refractivity contribution >= 4 is 11.6 Å². The molecule has 0 saturated carbocycles. The van der Waals surface area contributed by atoms with Gasteiger partial charge >= 0.3 is 0 Å². The first-order valence-electron chi connectivity index (χ1n) is 6.82. The van der Waals surface area contributed by atoms with Gasteiger partial charge < -0.3 is 14.3 Å². The molecular formula is C14H19NO7. The number of ether oxygens (including phenoxy) is 2. The first kappa shape index (κ1) is 17.7. The lowest BCUT2D eigenvalue weighted by molar-refractivity contribution is -0.757. The van der Waals surface area contributed by atoms with Gasteiger partial charge in [0, 0.05) is 11.1 Å². The largest absolute Gasteiger partial charge is 0.489 e. The summed E-state index contributed by atoms with van der Waals surface area (Å²) >= 11 is 0. The van der Waals surface area contributed by atoms with Gasteiger partial charge in [0.1, 0.15) is 0 Å². The molecule has 0 spiro atoms. The van der Waals surface area contributed by atoms with Crippen molar-refractivity contribution in [3.8, 4) is 0 Å². The number of allylic oxidation sites excluding steroid dienone is 2. The van der Waals surface area contributed by atoms with Gasteiger partial charge in [0.05, 0.1) is 20.8 Å². The third-order valence-corrected chi connectivity index (χ3v) is 3.36. The molecule has 0 heterocycles. The SMILES string of the molecule is COC1=C(OC)C(=O)C(CCCCCO[N+](=O)[O-])=C(C)C1=O. The maximum Gasteiger partial charge on any atom is 0.294 e. The van der Waals surface area contributed by atoms with Crippen molar-refractivity contribution in [2.75, 3.05) is 20.8 Å². The van der Waals surface area contributed by atoms with E-state index in [4.69, 9.17) is 9.47 Å². The molecule has 1 rings (SSSR count). The molecule has 22 heavy (non-hydrogen) atoms. The highest BCUT2D eigenvalue weighted by atomic mass is 16.9. The predicted octanol–water partition coefficient (Wildman–Crippen LogP) is 1.73. The maximum atomic E-state index is 12.3. The molecule has 8 nitrogen and oxygen atoms in total. The highest BCUT2D eigenvalue weighted by Gasteiger charge is 2.34. The van der Waals surface area contributed by atoms with Gasteiger partial charge in [-0.05, 0) is 26.2 Å². The molecule has 0 aliphatic heterocycles. The number of Topliss-reactive ketones (excluding diaryl/α,β-unsaturated/α-hetero) is 2. The minimum atomic E-state index is -0.835. The Balaban J connectivity index is 2.63. The molecule has 0 atom stereocenters. The molecule has 0 fully saturated rings. The number of hydrogen-bond acceptors (Lipinski definition) is 7. The second-order valence-corrected chi connectivity index (χ2v) is 4.70. The number of carbonyl (C=O) groups excluding carboxylic acids is 2. The third kappa shape index (κ3) is 4.06. The van der Waals surface area contributed by atoms with E-state index in [0.29, 0.717) is 36.8 Å². The van der Waals surface area contributed by atoms with Gasteiger partial charge in [-0.15, -0.1) is 10.1 Å². The van der Waals surface area contributed by atoms with Crippen LogP contribution >= 0.6 is 0 Å². The average molecular weight is 313 g/mol. The Hall–Kier alpha value is -2.38. The van der Waals surface area contributed by atoms with E-state index in [9.17, 15) is 19.7 Å². The van der Waals surface area contributed by atoms with E-state index in [1.165, 1.54) is 14.2 Å². The summed E-state index contributed by atoms with van der Waals surface area (Å²) in [6, 6.07) is 0. The lowest BCUT2D eigenvalue weighted by Gasteiger charge is -2.20. The highest BCUT2D eigenvalue weighted by Crippen LogP contribution is 2.28. The van der Waals surface area contributed by atoms with Crippen LogP contribution in [0, 0.1) is 10.1 Å². The second kappa shape index (κ2) is 8.16. The first-order valence-corrected chi connectivity index (χ1v) is 6.82. The van der Waals surface area contributed by atoms with Gasteiger partial charge in [0.25, 0.3) is 5.09 Å². The van der Waals surface area contributed by atoms with Crippen molar-refractivity contribution in [2.45, 2.75) is 32.6 Å². The quantitative estimate of drug-likeness (QED) is 0.276. The fraction of sp³-hybridized carbons (Fsp3) is 0.571. The second-order valence-electron chi connectivity index (χ2n) is 4.70. The molecule has 0 bridgehead atoms. The van der Waals surface area contributed by atoms with Crippen LogP contribution in [0.3, 0.4) is 0 Å². The molecule has 0 N–H and O–H groups in total. The van der Waals surface area contributed by atoms with E-state index >= 15 is 0 Å². The van der Waals surface area contributed by atoms with E-state index in [2.05, 4.69) is 4.84 Å². The lowest BCUT2D eigenvalue weighted by atomic mass is 9.89. The lowest BCUT2D eigenvalue weighted by Crippen LogP contribution is -2.25. The normalized spacial score (nSPS) is 15.2. The number of unbranched alkanes of at least 4 members (excludes halogenated alkanes) is 2. The minimum Gasteiger partial charge on any atom is -0.489 e. The van der Waals surface area contributed by atoms with Crippen LogP contribution < -0.4 is 0 Å². The number of nitrogens with zero attached hydrogens (tertiary/aromatic N) is 1. The average Bonchev–Trinajstić information content (AvgIpc) is 2.48. The van der Waals surface area contributed by atoms with Crippen LogP contribution in [0.15, 0.2) is 22.7 Å². The summed E-state index contributed by atoms with van der Waals surface area (Å²) in [6.45, 7) is 1.60. The fourth-order valence-electron chi connectivity index (χ4n) is 2.21. The van der Waals surface area contributed by atoms with Gasteiger partial charge in [-0.25, -0.2) is 0 Å². The van der Waals surface area contributed by atoms with Crippen LogP contribution in [-0.4, -0.2) is 37.5 Å². The molecule has 0 saturated heterocycles. The Morgan fingerprint density at radius 2 is 1.59 bits per heavy atom. The number of carbonyl (C=O) groups is 2. The Morgan fingerprint density at radius 3 is 2.14 bits per heavy atom. The molecule has 0 aromatic rings. The van der Waals surface area contributed by atoms with Gasteiger partial charge in [-0.3, -0.25) is 9.59 Å². The molecule has 0 aromatic heterocycles. The summed E-state index contributed by atoms with van der Waals surface area (Å²) in [4.78, 5) is 38.6. The van der Waals surface area contributed by atoms with E-state index in [0.717, 1.165) is 0 Å². The number of hydrogen-bond donors (Lipinski definition) is 0. The van der Waals surface area contributed by atoms with Crippen LogP contribution in [0.25, 0.3) is 0 Å². The smallest absolute Gasteiger partial charge is 0.294 e. The molecule has 0 aromatic carbocycles. The zero-order chi connectivity index (χ0) is 16.7. The van der Waals surface area contributed by atoms with Crippen molar-refractivity contribution < 1.29 is 29.0 Å². The Kier molecular flexibility index (Phi) is 6.55. The van der Waals surface area contributed by atoms with Gasteiger partial charge in [0.15, 0.2) is 0 Å². The zero-order valence-electron chi connectivity index (χ0n) is 12.8. The topological polar surface area (TPSA) is 105 Å². The van der Waals surface area contributed by atoms with Gasteiger partial charge in [-0.1, -0.05) is 6.42 Å². The monoisotopic (exact) mass is 313 g/mol. The molecular weight excluding hydrogens is 294 g/mol. The van der Waals surface area contributed by atoms with Crippen molar-refractivity contribution in [1.82, 2.24) is 0 Å². The van der Waals surface area contributed by atoms with E-state index in [1.54, 1.807) is 6.92 Å². The highest BCUT2D eigenvalue weighted by molar-refractivity contribution is 6.23. The van der Waals surface area contributed by atoms with Gasteiger partial charge in [0.2, 0.25) is 23.1 Å². The molecule has 8 heteroatoms. The molecule has 0 amide bonds. The summed E-state index contributed by atoms with van der Waals surface area (Å²) < 4.78 is 9.93. The third-order valence-electron chi connectivity index (χ3n) is 3.36. The van der Waals surface area contributed by atoms with Crippen LogP contribution in [0.1, 0.15) is 32.6 Å². The summed E-state index contributed by atoms with van der Waals surface area (Å²) in [5, 5.41) is 9.16. The summed E-state index contributed by atoms with van der Waals surface area (Å²) in [6.07, 6.45) is 2.17. The van der Waals surface area contributed by atoms with Crippen LogP contribution in [0.5, 0.6) is 0 Å². The first-order chi connectivity index (χ1) is 10.4. The van der Waals surface area contributed by atoms with E-state index < -0.39 is 5.09 Å². The Labute approximate surface area is 127 Å². The number of methoxy groups -OCH3 is 2. The van der Waals surface area contributed by atoms with Crippen molar-refractivity contribution in [1.29, 1.82) is 0 Å². The number of ketones is 2. The molecule has 122 valence electrons. The van der Waals surface area contributed by atoms with Crippen LogP contribution in [0.4, 0.5) is 0 Å². The standard InChI is InChI=1S/C14H19NO7/c1-9-10(7-5-4-6-8-22-15(18)19)12(17)14(21-3)13(20-2)11(9)16/h4-8H2,1-3H3. The fourth-order valence-corrected chi connectivity index (χ4v) is 2.21. The summed E-state index contributed by atoms with van der Waals surface area (Å²) in [7, 11) is 2.62. The van der Waals surface area contributed by atoms with E-state index in [1.807, 2.05) is 0 Å². The molecule has 1 aliphatic carbocycles. The van der Waals surface area contributed by atoms with E-state index in [-0.39, 0.29) is 29.7 Å². The molecule has 1 aliphatic rings. The van der Waals surface area contributed by atoms with Crippen molar-refractivity contribution in [3.05, 3.63) is 32.8 Å². The zero-order valence-corrected chi connectivity index (χ0v) is 12.8. The van der Waals surface area contributed by atoms with Crippen LogP contribution in [-0.2, 0) is 23.9 Å². The van der Waals surface area contributed by atoms with Gasteiger partial charge in [-0.2, -0.15) is 0 Å². The van der Waals surface area contributed by atoms with Crippen molar-refractivity contribution in [2.24, 2.45) is 0 Å². The molecule has 0 radical (unpaired) electrons. The summed E-state index contributed by atoms with van der Waals surface area (Å²) in [5.41, 5.74) is 0.752. The maximum absolute atomic E-state index is 12.3. The minimum absolute atomic E-state index is 0.0228. The summed E-state index contributed by atoms with van der Waals surface area (Å²) in [5.74, 6) is -0.860. The van der Waals surface area contributed by atoms with Crippen molar-refractivity contribution in [3.63, 3.8) is 0 Å². The predicted molar refractivity (Wildman–Crippen MR) is 75.2 cm³/mol. The number of rotatable bonds is 9. The Bertz CT molecular complexity index is 533.